The molecular weight excluding hydrogens is 250 g/mol. The van der Waals surface area contributed by atoms with Crippen LogP contribution in [0.5, 0.6) is 0 Å². The second-order valence-corrected chi connectivity index (χ2v) is 5.03. The molecule has 2 amide bonds. The largest absolute Gasteiger partial charge is 0.338 e. The van der Waals surface area contributed by atoms with Gasteiger partial charge in [0.25, 0.3) is 0 Å². The Labute approximate surface area is 119 Å². The second kappa shape index (κ2) is 6.91. The van der Waals surface area contributed by atoms with Crippen molar-refractivity contribution in [2.75, 3.05) is 11.9 Å². The van der Waals surface area contributed by atoms with E-state index in [0.29, 0.717) is 6.54 Å². The number of hydrogen-bond donors (Lipinski definition) is 3. The fourth-order valence-corrected chi connectivity index (χ4v) is 2.13. The molecule has 106 valence electrons. The maximum Gasteiger partial charge on any atom is 0.319 e. The zero-order valence-corrected chi connectivity index (χ0v) is 11.7. The maximum atomic E-state index is 11.8. The van der Waals surface area contributed by atoms with Crippen molar-refractivity contribution in [1.82, 2.24) is 5.32 Å². The van der Waals surface area contributed by atoms with Gasteiger partial charge in [-0.05, 0) is 31.2 Å². The molecule has 2 rings (SSSR count). The lowest BCUT2D eigenvalue weighted by Crippen LogP contribution is -2.30. The zero-order valence-electron chi connectivity index (χ0n) is 11.7. The molecule has 0 bridgehead atoms. The topological polar surface area (TPSA) is 67.1 Å². The van der Waals surface area contributed by atoms with Crippen LogP contribution in [0.4, 0.5) is 10.5 Å². The van der Waals surface area contributed by atoms with Crippen molar-refractivity contribution in [2.45, 2.75) is 25.8 Å². The van der Waals surface area contributed by atoms with Gasteiger partial charge in [-0.2, -0.15) is 0 Å². The highest BCUT2D eigenvalue weighted by atomic mass is 16.2. The Balaban J connectivity index is 1.93. The molecule has 0 saturated carbocycles. The fraction of sp³-hybridized carbons (Fsp3) is 0.312. The number of rotatable bonds is 5. The summed E-state index contributed by atoms with van der Waals surface area (Å²) in [6.45, 7) is 2.61. The van der Waals surface area contributed by atoms with E-state index >= 15 is 0 Å². The molecule has 0 saturated heterocycles. The third-order valence-electron chi connectivity index (χ3n) is 3.16. The van der Waals surface area contributed by atoms with Crippen LogP contribution in [0.25, 0.3) is 10.8 Å². The predicted octanol–water partition coefficient (Wildman–Crippen LogP) is 3.09. The van der Waals surface area contributed by atoms with Crippen molar-refractivity contribution in [3.63, 3.8) is 0 Å². The molecule has 2 aromatic rings. The highest BCUT2D eigenvalue weighted by molar-refractivity contribution is 6.01. The first-order chi connectivity index (χ1) is 9.66. The van der Waals surface area contributed by atoms with E-state index in [2.05, 4.69) is 10.6 Å². The molecule has 0 fully saturated rings. The molecule has 2 aromatic carbocycles. The van der Waals surface area contributed by atoms with Crippen LogP contribution in [0.3, 0.4) is 0 Å². The van der Waals surface area contributed by atoms with Gasteiger partial charge in [0.05, 0.1) is 5.69 Å². The smallest absolute Gasteiger partial charge is 0.319 e. The lowest BCUT2D eigenvalue weighted by molar-refractivity contribution is 0.252. The Bertz CT molecular complexity index is 575. The molecule has 0 radical (unpaired) electrons. The van der Waals surface area contributed by atoms with Crippen LogP contribution in [0.2, 0.25) is 0 Å². The van der Waals surface area contributed by atoms with Crippen LogP contribution < -0.4 is 16.4 Å². The fourth-order valence-electron chi connectivity index (χ4n) is 2.13. The normalized spacial score (nSPS) is 12.1. The number of carbonyl (C=O) groups excluding carboxylic acids is 1. The van der Waals surface area contributed by atoms with Gasteiger partial charge < -0.3 is 16.4 Å². The molecule has 1 atom stereocenters. The lowest BCUT2D eigenvalue weighted by atomic mass is 10.1. The third kappa shape index (κ3) is 3.96. The Hall–Kier alpha value is -2.07. The van der Waals surface area contributed by atoms with Crippen molar-refractivity contribution >= 4 is 22.5 Å². The summed E-state index contributed by atoms with van der Waals surface area (Å²) >= 11 is 0. The molecule has 4 N–H and O–H groups in total. The number of carbonyl (C=O) groups is 1. The highest BCUT2D eigenvalue weighted by Gasteiger charge is 2.04. The van der Waals surface area contributed by atoms with Crippen molar-refractivity contribution in [2.24, 2.45) is 5.73 Å². The van der Waals surface area contributed by atoms with E-state index < -0.39 is 0 Å². The number of nitrogens with two attached hydrogens (primary N) is 1. The van der Waals surface area contributed by atoms with Gasteiger partial charge in [-0.25, -0.2) is 4.79 Å². The first-order valence-electron chi connectivity index (χ1n) is 6.95. The number of anilines is 1. The Morgan fingerprint density at radius 3 is 2.75 bits per heavy atom. The molecule has 0 spiro atoms. The Morgan fingerprint density at radius 2 is 1.95 bits per heavy atom. The quantitative estimate of drug-likeness (QED) is 0.731. The third-order valence-corrected chi connectivity index (χ3v) is 3.16. The van der Waals surface area contributed by atoms with Gasteiger partial charge in [0, 0.05) is 18.0 Å². The Kier molecular flexibility index (Phi) is 4.96. The molecular formula is C16H21N3O. The van der Waals surface area contributed by atoms with E-state index in [1.54, 1.807) is 0 Å². The van der Waals surface area contributed by atoms with Crippen LogP contribution in [-0.4, -0.2) is 18.6 Å². The molecule has 4 nitrogen and oxygen atoms in total. The monoisotopic (exact) mass is 271 g/mol. The average Bonchev–Trinajstić information content (AvgIpc) is 2.44. The van der Waals surface area contributed by atoms with Crippen molar-refractivity contribution in [1.29, 1.82) is 0 Å². The van der Waals surface area contributed by atoms with Crippen LogP contribution in [0, 0.1) is 0 Å². The standard InChI is InChI=1S/C16H21N3O/c1-12(17)6-5-11-18-16(20)19-15-10-4-8-13-7-2-3-9-14(13)15/h2-4,7-10,12H,5-6,11,17H2,1H3,(H2,18,19,20). The van der Waals surface area contributed by atoms with E-state index in [9.17, 15) is 4.79 Å². The number of hydrogen-bond acceptors (Lipinski definition) is 2. The summed E-state index contributed by atoms with van der Waals surface area (Å²) in [7, 11) is 0. The van der Waals surface area contributed by atoms with Gasteiger partial charge in [-0.1, -0.05) is 36.4 Å². The van der Waals surface area contributed by atoms with Gasteiger partial charge in [0.15, 0.2) is 0 Å². The summed E-state index contributed by atoms with van der Waals surface area (Å²) < 4.78 is 0. The zero-order chi connectivity index (χ0) is 14.4. The van der Waals surface area contributed by atoms with E-state index in [-0.39, 0.29) is 12.1 Å². The predicted molar refractivity (Wildman–Crippen MR) is 83.9 cm³/mol. The van der Waals surface area contributed by atoms with Crippen LogP contribution in [0.15, 0.2) is 42.5 Å². The van der Waals surface area contributed by atoms with E-state index in [1.807, 2.05) is 49.4 Å². The molecule has 0 heterocycles. The van der Waals surface area contributed by atoms with Crippen molar-refractivity contribution < 1.29 is 4.79 Å². The number of benzene rings is 2. The van der Waals surface area contributed by atoms with Crippen molar-refractivity contribution in [3.8, 4) is 0 Å². The average molecular weight is 271 g/mol. The van der Waals surface area contributed by atoms with Crippen LogP contribution in [-0.2, 0) is 0 Å². The summed E-state index contributed by atoms with van der Waals surface area (Å²) in [6, 6.07) is 13.9. The van der Waals surface area contributed by atoms with Gasteiger partial charge in [-0.3, -0.25) is 0 Å². The number of urea groups is 1. The number of fused-ring (bicyclic) bond motifs is 1. The number of amides is 2. The lowest BCUT2D eigenvalue weighted by Gasteiger charge is -2.10. The highest BCUT2D eigenvalue weighted by Crippen LogP contribution is 2.22. The molecule has 1 unspecified atom stereocenters. The maximum absolute atomic E-state index is 11.8. The minimum Gasteiger partial charge on any atom is -0.338 e. The Morgan fingerprint density at radius 1 is 1.20 bits per heavy atom. The van der Waals surface area contributed by atoms with Gasteiger partial charge >= 0.3 is 6.03 Å². The van der Waals surface area contributed by atoms with E-state index in [4.69, 9.17) is 5.73 Å². The molecule has 0 aliphatic carbocycles. The minimum absolute atomic E-state index is 0.175. The van der Waals surface area contributed by atoms with E-state index in [1.165, 1.54) is 0 Å². The SMILES string of the molecule is CC(N)CCCNC(=O)Nc1cccc2ccccc12. The van der Waals surface area contributed by atoms with Crippen LogP contribution in [0.1, 0.15) is 19.8 Å². The molecule has 0 aliphatic heterocycles. The summed E-state index contributed by atoms with van der Waals surface area (Å²) in [6.07, 6.45) is 1.80. The molecule has 0 aliphatic rings. The van der Waals surface area contributed by atoms with E-state index in [0.717, 1.165) is 29.3 Å². The minimum atomic E-state index is -0.175. The van der Waals surface area contributed by atoms with Crippen LogP contribution >= 0.6 is 0 Å². The summed E-state index contributed by atoms with van der Waals surface area (Å²) in [4.78, 5) is 11.8. The van der Waals surface area contributed by atoms with Gasteiger partial charge in [-0.15, -0.1) is 0 Å². The first-order valence-corrected chi connectivity index (χ1v) is 6.95. The molecule has 20 heavy (non-hydrogen) atoms. The summed E-state index contributed by atoms with van der Waals surface area (Å²) in [5.74, 6) is 0. The summed E-state index contributed by atoms with van der Waals surface area (Å²) in [5, 5.41) is 7.89. The molecule has 0 aromatic heterocycles. The van der Waals surface area contributed by atoms with Gasteiger partial charge in [0.1, 0.15) is 0 Å². The van der Waals surface area contributed by atoms with Gasteiger partial charge in [0.2, 0.25) is 0 Å². The molecule has 4 heteroatoms. The summed E-state index contributed by atoms with van der Waals surface area (Å²) in [5.41, 5.74) is 6.49. The first kappa shape index (κ1) is 14.3. The second-order valence-electron chi connectivity index (χ2n) is 5.03. The van der Waals surface area contributed by atoms with Crippen molar-refractivity contribution in [3.05, 3.63) is 42.5 Å². The number of nitrogens with one attached hydrogen (secondary N) is 2.